The lowest BCUT2D eigenvalue weighted by Gasteiger charge is -1.91. The molecule has 0 bridgehead atoms. The molecule has 0 saturated carbocycles. The van der Waals surface area contributed by atoms with Gasteiger partial charge in [0.2, 0.25) is 5.91 Å². The summed E-state index contributed by atoms with van der Waals surface area (Å²) in [6, 6.07) is 5.52. The molecule has 4 nitrogen and oxygen atoms in total. The first kappa shape index (κ1) is 9.67. The maximum absolute atomic E-state index is 11.0. The molecule has 0 aliphatic carbocycles. The quantitative estimate of drug-likeness (QED) is 0.808. The number of thiophene rings is 1. The summed E-state index contributed by atoms with van der Waals surface area (Å²) in [7, 11) is 0. The molecule has 1 amide bonds. The summed E-state index contributed by atoms with van der Waals surface area (Å²) >= 11 is 1.55. The van der Waals surface area contributed by atoms with Crippen molar-refractivity contribution in [1.29, 1.82) is 0 Å². The third-order valence-electron chi connectivity index (χ3n) is 1.71. The fourth-order valence-corrected chi connectivity index (χ4v) is 1.72. The first-order valence-corrected chi connectivity index (χ1v) is 5.11. The van der Waals surface area contributed by atoms with Crippen molar-refractivity contribution >= 4 is 23.1 Å². The zero-order chi connectivity index (χ0) is 10.7. The van der Waals surface area contributed by atoms with Crippen molar-refractivity contribution in [2.45, 2.75) is 0 Å². The average Bonchev–Trinajstić information content (AvgIpc) is 2.85. The molecule has 76 valence electrons. The molecule has 0 spiro atoms. The van der Waals surface area contributed by atoms with Crippen LogP contribution in [0.3, 0.4) is 0 Å². The van der Waals surface area contributed by atoms with E-state index in [1.54, 1.807) is 17.4 Å². The van der Waals surface area contributed by atoms with Gasteiger partial charge in [-0.15, -0.1) is 11.3 Å². The van der Waals surface area contributed by atoms with Gasteiger partial charge >= 0.3 is 0 Å². The Hall–Kier alpha value is -1.88. The number of carbonyl (C=O) groups is 1. The van der Waals surface area contributed by atoms with Crippen LogP contribution in [0.1, 0.15) is 0 Å². The van der Waals surface area contributed by atoms with Crippen molar-refractivity contribution in [1.82, 2.24) is 5.16 Å². The van der Waals surface area contributed by atoms with Gasteiger partial charge in [0.25, 0.3) is 0 Å². The molecule has 2 aromatic rings. The molecule has 2 heterocycles. The predicted molar refractivity (Wildman–Crippen MR) is 58.6 cm³/mol. The standard InChI is InChI=1S/C10H8N2O2S/c1-2-10(13)11-9-6-7(14-12-9)8-4-3-5-15-8/h2-6H,1H2,(H,11,12,13). The molecule has 0 unspecified atom stereocenters. The van der Waals surface area contributed by atoms with Crippen molar-refractivity contribution in [3.8, 4) is 10.6 Å². The predicted octanol–water partition coefficient (Wildman–Crippen LogP) is 2.53. The molecule has 0 aliphatic heterocycles. The van der Waals surface area contributed by atoms with Crippen LogP contribution in [0.2, 0.25) is 0 Å². The number of aromatic nitrogens is 1. The SMILES string of the molecule is C=CC(=O)Nc1cc(-c2cccs2)on1. The number of rotatable bonds is 3. The molecule has 2 rings (SSSR count). The number of carbonyl (C=O) groups excluding carboxylic acids is 1. The van der Waals surface area contributed by atoms with Crippen LogP contribution in [-0.4, -0.2) is 11.1 Å². The van der Waals surface area contributed by atoms with E-state index >= 15 is 0 Å². The van der Waals surface area contributed by atoms with E-state index in [-0.39, 0.29) is 5.91 Å². The van der Waals surface area contributed by atoms with E-state index in [9.17, 15) is 4.79 Å². The van der Waals surface area contributed by atoms with Crippen molar-refractivity contribution < 1.29 is 9.32 Å². The van der Waals surface area contributed by atoms with Crippen LogP contribution in [0.5, 0.6) is 0 Å². The summed E-state index contributed by atoms with van der Waals surface area (Å²) in [6.45, 7) is 3.35. The number of nitrogens with zero attached hydrogens (tertiary/aromatic N) is 1. The molecule has 0 aromatic carbocycles. The van der Waals surface area contributed by atoms with Gasteiger partial charge in [-0.3, -0.25) is 4.79 Å². The number of nitrogens with one attached hydrogen (secondary N) is 1. The third-order valence-corrected chi connectivity index (χ3v) is 2.60. The molecular formula is C10H8N2O2S. The van der Waals surface area contributed by atoms with E-state index in [1.165, 1.54) is 6.08 Å². The summed E-state index contributed by atoms with van der Waals surface area (Å²) in [5.41, 5.74) is 0. The van der Waals surface area contributed by atoms with Crippen LogP contribution in [0, 0.1) is 0 Å². The molecule has 5 heteroatoms. The Labute approximate surface area is 90.2 Å². The minimum Gasteiger partial charge on any atom is -0.353 e. The molecule has 2 aromatic heterocycles. The van der Waals surface area contributed by atoms with Gasteiger partial charge in [0, 0.05) is 6.07 Å². The van der Waals surface area contributed by atoms with Crippen molar-refractivity contribution in [2.75, 3.05) is 5.32 Å². The Morgan fingerprint density at radius 2 is 2.53 bits per heavy atom. The van der Waals surface area contributed by atoms with E-state index < -0.39 is 0 Å². The van der Waals surface area contributed by atoms with Crippen molar-refractivity contribution in [3.63, 3.8) is 0 Å². The van der Waals surface area contributed by atoms with Gasteiger partial charge in [-0.2, -0.15) is 0 Å². The monoisotopic (exact) mass is 220 g/mol. The lowest BCUT2D eigenvalue weighted by Crippen LogP contribution is -2.06. The van der Waals surface area contributed by atoms with Crippen LogP contribution in [-0.2, 0) is 4.79 Å². The zero-order valence-electron chi connectivity index (χ0n) is 7.77. The first-order chi connectivity index (χ1) is 7.29. The normalized spacial score (nSPS) is 9.87. The van der Waals surface area contributed by atoms with Crippen molar-refractivity contribution in [3.05, 3.63) is 36.2 Å². The first-order valence-electron chi connectivity index (χ1n) is 4.23. The van der Waals surface area contributed by atoms with Crippen LogP contribution >= 0.6 is 11.3 Å². The van der Waals surface area contributed by atoms with Gasteiger partial charge in [0.15, 0.2) is 11.6 Å². The third kappa shape index (κ3) is 2.13. The molecule has 0 saturated heterocycles. The summed E-state index contributed by atoms with van der Waals surface area (Å²) in [5.74, 6) is 0.730. The second-order valence-corrected chi connectivity index (χ2v) is 3.69. The van der Waals surface area contributed by atoms with Gasteiger partial charge in [-0.25, -0.2) is 0 Å². The number of amides is 1. The largest absolute Gasteiger partial charge is 0.353 e. The Bertz CT molecular complexity index is 473. The summed E-state index contributed by atoms with van der Waals surface area (Å²) in [6.07, 6.45) is 1.18. The minimum atomic E-state index is -0.305. The Morgan fingerprint density at radius 1 is 1.67 bits per heavy atom. The maximum atomic E-state index is 11.0. The Morgan fingerprint density at radius 3 is 3.20 bits per heavy atom. The molecule has 0 fully saturated rings. The van der Waals surface area contributed by atoms with E-state index in [0.717, 1.165) is 4.88 Å². The van der Waals surface area contributed by atoms with Crippen molar-refractivity contribution in [2.24, 2.45) is 0 Å². The molecule has 0 radical (unpaired) electrons. The summed E-state index contributed by atoms with van der Waals surface area (Å²) < 4.78 is 5.07. The van der Waals surface area contributed by atoms with Crippen LogP contribution in [0.15, 0.2) is 40.8 Å². The smallest absolute Gasteiger partial charge is 0.249 e. The van der Waals surface area contributed by atoms with Gasteiger partial charge in [0.05, 0.1) is 4.88 Å². The minimum absolute atomic E-state index is 0.305. The van der Waals surface area contributed by atoms with E-state index in [4.69, 9.17) is 4.52 Å². The summed E-state index contributed by atoms with van der Waals surface area (Å²) in [4.78, 5) is 11.9. The highest BCUT2D eigenvalue weighted by Gasteiger charge is 2.08. The van der Waals surface area contributed by atoms with Crippen LogP contribution in [0.4, 0.5) is 5.82 Å². The Balaban J connectivity index is 2.17. The Kier molecular flexibility index (Phi) is 2.64. The van der Waals surface area contributed by atoms with Gasteiger partial charge in [0.1, 0.15) is 0 Å². The number of hydrogen-bond donors (Lipinski definition) is 1. The molecule has 0 aliphatic rings. The second-order valence-electron chi connectivity index (χ2n) is 2.75. The lowest BCUT2D eigenvalue weighted by atomic mass is 10.3. The number of anilines is 1. The molecule has 15 heavy (non-hydrogen) atoms. The zero-order valence-corrected chi connectivity index (χ0v) is 8.58. The molecule has 1 N–H and O–H groups in total. The topological polar surface area (TPSA) is 55.1 Å². The van der Waals surface area contributed by atoms with Gasteiger partial charge in [-0.1, -0.05) is 17.8 Å². The maximum Gasteiger partial charge on any atom is 0.249 e. The highest BCUT2D eigenvalue weighted by Crippen LogP contribution is 2.26. The summed E-state index contributed by atoms with van der Waals surface area (Å²) in [5, 5.41) is 8.17. The van der Waals surface area contributed by atoms with E-state index in [2.05, 4.69) is 17.1 Å². The van der Waals surface area contributed by atoms with Crippen LogP contribution < -0.4 is 5.32 Å². The van der Waals surface area contributed by atoms with Gasteiger partial charge in [-0.05, 0) is 17.5 Å². The van der Waals surface area contributed by atoms with Crippen LogP contribution in [0.25, 0.3) is 10.6 Å². The van der Waals surface area contributed by atoms with Gasteiger partial charge < -0.3 is 9.84 Å². The lowest BCUT2D eigenvalue weighted by molar-refractivity contribution is -0.111. The van der Waals surface area contributed by atoms with E-state index in [1.807, 2.05) is 17.5 Å². The fourth-order valence-electron chi connectivity index (χ4n) is 1.05. The highest BCUT2D eigenvalue weighted by atomic mass is 32.1. The second kappa shape index (κ2) is 4.10. The van der Waals surface area contributed by atoms with E-state index in [0.29, 0.717) is 11.6 Å². The number of hydrogen-bond acceptors (Lipinski definition) is 4. The molecule has 0 atom stereocenters. The highest BCUT2D eigenvalue weighted by molar-refractivity contribution is 7.13. The fraction of sp³-hybridized carbons (Fsp3) is 0. The molecular weight excluding hydrogens is 212 g/mol. The average molecular weight is 220 g/mol.